The normalized spacial score (nSPS) is 15.4. The summed E-state index contributed by atoms with van der Waals surface area (Å²) < 4.78 is 12.4. The molecule has 4 aromatic rings. The molecule has 5 nitrogen and oxygen atoms in total. The zero-order valence-corrected chi connectivity index (χ0v) is 18.3. The standard InChI is InChI=1S/C21H19N3O.C5H10O/c1-15-14-17(7-10-21(15)25-2)20-11-13-23-24(20)18-8-5-16(6-9-18)19-4-3-12-22-19;1-5-2-3-6-4-5/h3-14,22H,1-2H3;5H,2-4H2,1H3. The summed E-state index contributed by atoms with van der Waals surface area (Å²) in [7, 11) is 1.69. The number of ether oxygens (including phenoxy) is 2. The number of hydrogen-bond acceptors (Lipinski definition) is 3. The van der Waals surface area contributed by atoms with Gasteiger partial charge in [0.1, 0.15) is 5.75 Å². The lowest BCUT2D eigenvalue weighted by Crippen LogP contribution is -1.99. The van der Waals surface area contributed by atoms with E-state index in [1.54, 1.807) is 7.11 Å². The lowest BCUT2D eigenvalue weighted by atomic mass is 10.1. The molecule has 0 saturated carbocycles. The van der Waals surface area contributed by atoms with Crippen LogP contribution >= 0.6 is 0 Å². The Morgan fingerprint density at radius 1 is 1.06 bits per heavy atom. The van der Waals surface area contributed by atoms with Crippen LogP contribution in [0, 0.1) is 12.8 Å². The molecular formula is C26H29N3O2. The van der Waals surface area contributed by atoms with Crippen LogP contribution < -0.4 is 4.74 Å². The van der Waals surface area contributed by atoms with Crippen LogP contribution in [0.2, 0.25) is 0 Å². The summed E-state index contributed by atoms with van der Waals surface area (Å²) in [5.41, 5.74) is 6.57. The Kier molecular flexibility index (Phi) is 6.53. The maximum Gasteiger partial charge on any atom is 0.121 e. The maximum atomic E-state index is 5.36. The van der Waals surface area contributed by atoms with Crippen molar-refractivity contribution in [1.82, 2.24) is 14.8 Å². The van der Waals surface area contributed by atoms with Gasteiger partial charge in [-0.3, -0.25) is 0 Å². The number of H-pyrrole nitrogens is 1. The fraction of sp³-hybridized carbons (Fsp3) is 0.269. The fourth-order valence-corrected chi connectivity index (χ4v) is 3.71. The van der Waals surface area contributed by atoms with E-state index in [2.05, 4.69) is 59.5 Å². The molecule has 2 aromatic heterocycles. The van der Waals surface area contributed by atoms with Crippen LogP contribution in [0.5, 0.6) is 5.75 Å². The van der Waals surface area contributed by atoms with Gasteiger partial charge < -0.3 is 14.5 Å². The summed E-state index contributed by atoms with van der Waals surface area (Å²) in [6, 6.07) is 20.7. The number of methoxy groups -OCH3 is 1. The molecule has 2 aromatic carbocycles. The van der Waals surface area contributed by atoms with Crippen LogP contribution in [0.3, 0.4) is 0 Å². The first-order valence-electron chi connectivity index (χ1n) is 10.7. The van der Waals surface area contributed by atoms with Gasteiger partial charge in [-0.1, -0.05) is 19.1 Å². The Morgan fingerprint density at radius 3 is 2.45 bits per heavy atom. The van der Waals surface area contributed by atoms with E-state index in [1.807, 2.05) is 42.2 Å². The molecular weight excluding hydrogens is 386 g/mol. The van der Waals surface area contributed by atoms with Crippen molar-refractivity contribution in [2.75, 3.05) is 20.3 Å². The van der Waals surface area contributed by atoms with Crippen molar-refractivity contribution in [2.45, 2.75) is 20.3 Å². The third kappa shape index (κ3) is 4.89. The van der Waals surface area contributed by atoms with Crippen molar-refractivity contribution < 1.29 is 9.47 Å². The molecule has 0 radical (unpaired) electrons. The number of benzene rings is 2. The maximum absolute atomic E-state index is 5.36. The van der Waals surface area contributed by atoms with E-state index < -0.39 is 0 Å². The molecule has 160 valence electrons. The predicted molar refractivity (Wildman–Crippen MR) is 125 cm³/mol. The SMILES string of the molecule is CC1CCOC1.COc1ccc(-c2ccnn2-c2ccc(-c3ccc[nH]3)cc2)cc1C. The Bertz CT molecular complexity index is 1090. The van der Waals surface area contributed by atoms with Crippen molar-refractivity contribution in [2.24, 2.45) is 5.92 Å². The van der Waals surface area contributed by atoms with Gasteiger partial charge in [0, 0.05) is 30.7 Å². The second-order valence-corrected chi connectivity index (χ2v) is 7.91. The molecule has 0 spiro atoms. The Labute approximate surface area is 183 Å². The smallest absolute Gasteiger partial charge is 0.121 e. The number of rotatable bonds is 4. The minimum Gasteiger partial charge on any atom is -0.496 e. The molecule has 1 aliphatic rings. The molecule has 3 heterocycles. The zero-order chi connectivity index (χ0) is 21.6. The zero-order valence-electron chi connectivity index (χ0n) is 18.3. The molecule has 0 amide bonds. The van der Waals surface area contributed by atoms with Crippen LogP contribution in [0.4, 0.5) is 0 Å². The number of aryl methyl sites for hydroxylation is 1. The van der Waals surface area contributed by atoms with E-state index in [1.165, 1.54) is 6.42 Å². The highest BCUT2D eigenvalue weighted by atomic mass is 16.5. The van der Waals surface area contributed by atoms with Gasteiger partial charge in [-0.15, -0.1) is 0 Å². The molecule has 31 heavy (non-hydrogen) atoms. The molecule has 1 N–H and O–H groups in total. The Morgan fingerprint density at radius 2 is 1.87 bits per heavy atom. The van der Waals surface area contributed by atoms with Gasteiger partial charge in [0.05, 0.1) is 24.7 Å². The van der Waals surface area contributed by atoms with Crippen molar-refractivity contribution in [3.05, 3.63) is 78.6 Å². The van der Waals surface area contributed by atoms with E-state index in [0.29, 0.717) is 0 Å². The second kappa shape index (κ2) is 9.67. The van der Waals surface area contributed by atoms with Gasteiger partial charge in [0.2, 0.25) is 0 Å². The summed E-state index contributed by atoms with van der Waals surface area (Å²) >= 11 is 0. The van der Waals surface area contributed by atoms with Gasteiger partial charge in [0.15, 0.2) is 0 Å². The van der Waals surface area contributed by atoms with E-state index in [0.717, 1.165) is 58.6 Å². The number of nitrogens with one attached hydrogen (secondary N) is 1. The van der Waals surface area contributed by atoms with Gasteiger partial charge in [-0.2, -0.15) is 5.10 Å². The molecule has 1 atom stereocenters. The van der Waals surface area contributed by atoms with E-state index in [9.17, 15) is 0 Å². The molecule has 1 saturated heterocycles. The third-order valence-corrected chi connectivity index (χ3v) is 5.51. The number of hydrogen-bond donors (Lipinski definition) is 1. The van der Waals surface area contributed by atoms with Crippen LogP contribution in [0.1, 0.15) is 18.9 Å². The lowest BCUT2D eigenvalue weighted by molar-refractivity contribution is 0.188. The first-order valence-corrected chi connectivity index (χ1v) is 10.7. The van der Waals surface area contributed by atoms with Crippen LogP contribution in [0.15, 0.2) is 73.1 Å². The van der Waals surface area contributed by atoms with Crippen molar-refractivity contribution >= 4 is 0 Å². The first kappa shape index (κ1) is 20.9. The van der Waals surface area contributed by atoms with Crippen molar-refractivity contribution in [3.63, 3.8) is 0 Å². The molecule has 5 rings (SSSR count). The summed E-state index contributed by atoms with van der Waals surface area (Å²) in [6.45, 7) is 6.24. The number of nitrogens with zero attached hydrogens (tertiary/aromatic N) is 2. The van der Waals surface area contributed by atoms with E-state index in [-0.39, 0.29) is 0 Å². The number of aromatic nitrogens is 3. The molecule has 1 unspecified atom stereocenters. The van der Waals surface area contributed by atoms with Gasteiger partial charge in [0.25, 0.3) is 0 Å². The Balaban J connectivity index is 0.000000334. The number of aromatic amines is 1. The summed E-state index contributed by atoms with van der Waals surface area (Å²) in [5, 5.41) is 4.51. The van der Waals surface area contributed by atoms with E-state index in [4.69, 9.17) is 9.47 Å². The summed E-state index contributed by atoms with van der Waals surface area (Å²) in [6.07, 6.45) is 5.02. The van der Waals surface area contributed by atoms with Crippen LogP contribution in [0.25, 0.3) is 28.2 Å². The third-order valence-electron chi connectivity index (χ3n) is 5.51. The highest BCUT2D eigenvalue weighted by molar-refractivity contribution is 5.66. The average molecular weight is 416 g/mol. The fourth-order valence-electron chi connectivity index (χ4n) is 3.71. The Hall–Kier alpha value is -3.31. The monoisotopic (exact) mass is 415 g/mol. The van der Waals surface area contributed by atoms with Crippen molar-refractivity contribution in [3.8, 4) is 34.0 Å². The highest BCUT2D eigenvalue weighted by Crippen LogP contribution is 2.28. The molecule has 0 aliphatic carbocycles. The molecule has 1 fully saturated rings. The van der Waals surface area contributed by atoms with Crippen LogP contribution in [-0.4, -0.2) is 35.1 Å². The average Bonchev–Trinajstić information content (AvgIpc) is 3.57. The summed E-state index contributed by atoms with van der Waals surface area (Å²) in [4.78, 5) is 3.23. The lowest BCUT2D eigenvalue weighted by Gasteiger charge is -2.11. The topological polar surface area (TPSA) is 52.1 Å². The first-order chi connectivity index (χ1) is 15.2. The minimum absolute atomic E-state index is 0.824. The van der Waals surface area contributed by atoms with Crippen LogP contribution in [-0.2, 0) is 4.74 Å². The highest BCUT2D eigenvalue weighted by Gasteiger charge is 2.10. The molecule has 0 bridgehead atoms. The largest absolute Gasteiger partial charge is 0.496 e. The van der Waals surface area contributed by atoms with Gasteiger partial charge in [-0.05, 0) is 78.9 Å². The van der Waals surface area contributed by atoms with E-state index >= 15 is 0 Å². The van der Waals surface area contributed by atoms with Crippen molar-refractivity contribution in [1.29, 1.82) is 0 Å². The molecule has 5 heteroatoms. The van der Waals surface area contributed by atoms with Gasteiger partial charge in [-0.25, -0.2) is 4.68 Å². The second-order valence-electron chi connectivity index (χ2n) is 7.91. The predicted octanol–water partition coefficient (Wildman–Crippen LogP) is 5.89. The van der Waals surface area contributed by atoms with Gasteiger partial charge >= 0.3 is 0 Å². The quantitative estimate of drug-likeness (QED) is 0.452. The molecule has 1 aliphatic heterocycles. The minimum atomic E-state index is 0.824. The summed E-state index contributed by atoms with van der Waals surface area (Å²) in [5.74, 6) is 1.72.